The van der Waals surface area contributed by atoms with Crippen molar-refractivity contribution in [2.45, 2.75) is 37.1 Å². The van der Waals surface area contributed by atoms with Gasteiger partial charge in [0.05, 0.1) is 16.4 Å². The molecule has 0 bridgehead atoms. The Balaban J connectivity index is 1.89. The highest BCUT2D eigenvalue weighted by Crippen LogP contribution is 2.19. The molecule has 1 fully saturated rings. The number of rotatable bonds is 8. The van der Waals surface area contributed by atoms with E-state index in [2.05, 4.69) is 0 Å². The Morgan fingerprint density at radius 2 is 1.75 bits per heavy atom. The van der Waals surface area contributed by atoms with Crippen molar-refractivity contribution >= 4 is 31.6 Å². The van der Waals surface area contributed by atoms with Crippen molar-refractivity contribution in [1.82, 2.24) is 9.21 Å². The van der Waals surface area contributed by atoms with E-state index in [1.165, 1.54) is 47.4 Å². The van der Waals surface area contributed by atoms with E-state index in [1.807, 2.05) is 0 Å². The Kier molecular flexibility index (Phi) is 7.00. The van der Waals surface area contributed by atoms with Crippen molar-refractivity contribution in [1.29, 1.82) is 0 Å². The van der Waals surface area contributed by atoms with Crippen LogP contribution in [-0.4, -0.2) is 75.9 Å². The van der Waals surface area contributed by atoms with Crippen LogP contribution in [0.5, 0.6) is 0 Å². The Bertz CT molecular complexity index is 939. The normalized spacial score (nSPS) is 18.9. The smallest absolute Gasteiger partial charge is 0.242 e. The van der Waals surface area contributed by atoms with Gasteiger partial charge in [-0.2, -0.15) is 0 Å². The van der Waals surface area contributed by atoms with E-state index >= 15 is 0 Å². The van der Waals surface area contributed by atoms with Gasteiger partial charge in [-0.05, 0) is 31.9 Å². The highest BCUT2D eigenvalue weighted by Gasteiger charge is 2.32. The maximum Gasteiger partial charge on any atom is 0.242 e. The van der Waals surface area contributed by atoms with Crippen LogP contribution in [0.2, 0.25) is 0 Å². The summed E-state index contributed by atoms with van der Waals surface area (Å²) >= 11 is 0. The zero-order chi connectivity index (χ0) is 21.1. The number of Topliss-reactive ketones (excluding diaryl/α,β-unsaturated/α-hetero) is 1. The largest absolute Gasteiger partial charge is 0.342 e. The lowest BCUT2D eigenvalue weighted by Gasteiger charge is -2.24. The van der Waals surface area contributed by atoms with Gasteiger partial charge in [0.2, 0.25) is 15.9 Å². The molecule has 1 atom stereocenters. The van der Waals surface area contributed by atoms with Gasteiger partial charge in [0.15, 0.2) is 15.6 Å². The predicted octanol–water partition coefficient (Wildman–Crippen LogP) is 0.935. The Morgan fingerprint density at radius 3 is 2.25 bits per heavy atom. The summed E-state index contributed by atoms with van der Waals surface area (Å²) in [5.74, 6) is -0.257. The molecule has 1 amide bonds. The fraction of sp³-hybridized carbons (Fsp3) is 0.556. The molecule has 1 heterocycles. The number of benzene rings is 1. The van der Waals surface area contributed by atoms with E-state index in [0.717, 1.165) is 0 Å². The zero-order valence-electron chi connectivity index (χ0n) is 16.3. The van der Waals surface area contributed by atoms with Gasteiger partial charge in [0.1, 0.15) is 0 Å². The van der Waals surface area contributed by atoms with Crippen LogP contribution >= 0.6 is 0 Å². The molecule has 28 heavy (non-hydrogen) atoms. The fourth-order valence-electron chi connectivity index (χ4n) is 3.08. The van der Waals surface area contributed by atoms with Gasteiger partial charge in [-0.25, -0.2) is 21.1 Å². The first-order chi connectivity index (χ1) is 12.9. The molecule has 2 rings (SSSR count). The van der Waals surface area contributed by atoms with Gasteiger partial charge in [-0.15, -0.1) is 0 Å². The second-order valence-corrected chi connectivity index (χ2v) is 11.3. The lowest BCUT2D eigenvalue weighted by Crippen LogP contribution is -2.38. The van der Waals surface area contributed by atoms with Gasteiger partial charge in [-0.3, -0.25) is 9.59 Å². The quantitative estimate of drug-likeness (QED) is 0.568. The summed E-state index contributed by atoms with van der Waals surface area (Å²) in [6.07, 6.45) is 0.898. The third-order valence-corrected chi connectivity index (χ3v) is 8.60. The highest BCUT2D eigenvalue weighted by atomic mass is 32.2. The van der Waals surface area contributed by atoms with E-state index in [0.29, 0.717) is 18.4 Å². The number of amides is 1. The molecule has 0 N–H and O–H groups in total. The summed E-state index contributed by atoms with van der Waals surface area (Å²) < 4.78 is 49.4. The SMILES string of the molecule is CC(=O)c1ccc(S(=O)(=O)N(C)CCCC(=O)N(C)[C@H]2CCS(=O)(=O)C2)cc1. The molecule has 0 spiro atoms. The minimum absolute atomic E-state index is 0.0141. The number of hydrogen-bond acceptors (Lipinski definition) is 6. The number of nitrogens with zero attached hydrogens (tertiary/aromatic N) is 2. The molecule has 1 aliphatic heterocycles. The standard InChI is InChI=1S/C18H26N2O6S2/c1-14(21)15-6-8-17(9-7-15)28(25,26)19(2)11-4-5-18(22)20(3)16-10-12-27(23,24)13-16/h6-9,16H,4-5,10-13H2,1-3H3/t16-/m0/s1. The molecule has 0 aromatic heterocycles. The van der Waals surface area contributed by atoms with E-state index < -0.39 is 19.9 Å². The first-order valence-electron chi connectivity index (χ1n) is 8.97. The van der Waals surface area contributed by atoms with Gasteiger partial charge in [0.25, 0.3) is 0 Å². The summed E-state index contributed by atoms with van der Waals surface area (Å²) in [5.41, 5.74) is 0.434. The number of ketones is 1. The van der Waals surface area contributed by atoms with Crippen molar-refractivity contribution < 1.29 is 26.4 Å². The third kappa shape index (κ3) is 5.39. The average molecular weight is 431 g/mol. The molecule has 8 nitrogen and oxygen atoms in total. The second kappa shape index (κ2) is 8.71. The van der Waals surface area contributed by atoms with E-state index in [-0.39, 0.29) is 47.1 Å². The number of sulfonamides is 1. The zero-order valence-corrected chi connectivity index (χ0v) is 17.9. The summed E-state index contributed by atoms with van der Waals surface area (Å²) in [6.45, 7) is 1.56. The topological polar surface area (TPSA) is 109 Å². The van der Waals surface area contributed by atoms with Crippen LogP contribution in [0.1, 0.15) is 36.5 Å². The highest BCUT2D eigenvalue weighted by molar-refractivity contribution is 7.91. The summed E-state index contributed by atoms with van der Waals surface area (Å²) in [5, 5.41) is 0. The minimum Gasteiger partial charge on any atom is -0.342 e. The molecular formula is C18H26N2O6S2. The molecule has 1 saturated heterocycles. The second-order valence-electron chi connectivity index (χ2n) is 7.07. The monoisotopic (exact) mass is 430 g/mol. The van der Waals surface area contributed by atoms with Gasteiger partial charge >= 0.3 is 0 Å². The van der Waals surface area contributed by atoms with Crippen LogP contribution in [-0.2, 0) is 24.7 Å². The number of sulfone groups is 1. The molecule has 1 aromatic carbocycles. The van der Waals surface area contributed by atoms with Crippen LogP contribution in [0, 0.1) is 0 Å². The molecule has 1 aromatic rings. The van der Waals surface area contributed by atoms with Crippen molar-refractivity contribution in [3.8, 4) is 0 Å². The molecule has 10 heteroatoms. The lowest BCUT2D eigenvalue weighted by atomic mass is 10.2. The van der Waals surface area contributed by atoms with Crippen molar-refractivity contribution in [3.05, 3.63) is 29.8 Å². The number of carbonyl (C=O) groups is 2. The van der Waals surface area contributed by atoms with Crippen LogP contribution in [0.3, 0.4) is 0 Å². The molecule has 0 unspecified atom stereocenters. The molecule has 0 radical (unpaired) electrons. The first kappa shape index (κ1) is 22.5. The molecule has 0 saturated carbocycles. The van der Waals surface area contributed by atoms with Crippen LogP contribution < -0.4 is 0 Å². The Morgan fingerprint density at radius 1 is 1.14 bits per heavy atom. The van der Waals surface area contributed by atoms with Crippen LogP contribution in [0.4, 0.5) is 0 Å². The number of carbonyl (C=O) groups excluding carboxylic acids is 2. The summed E-state index contributed by atoms with van der Waals surface area (Å²) in [6, 6.07) is 5.41. The summed E-state index contributed by atoms with van der Waals surface area (Å²) in [7, 11) is -3.76. The van der Waals surface area contributed by atoms with Crippen molar-refractivity contribution in [2.75, 3.05) is 32.1 Å². The maximum atomic E-state index is 12.6. The van der Waals surface area contributed by atoms with Crippen LogP contribution in [0.25, 0.3) is 0 Å². The molecule has 1 aliphatic rings. The van der Waals surface area contributed by atoms with Gasteiger partial charge in [0, 0.05) is 38.7 Å². The van der Waals surface area contributed by atoms with Gasteiger partial charge < -0.3 is 4.90 Å². The molecule has 0 aliphatic carbocycles. The van der Waals surface area contributed by atoms with E-state index in [1.54, 1.807) is 7.05 Å². The van der Waals surface area contributed by atoms with E-state index in [9.17, 15) is 26.4 Å². The van der Waals surface area contributed by atoms with Crippen LogP contribution in [0.15, 0.2) is 29.2 Å². The predicted molar refractivity (Wildman–Crippen MR) is 105 cm³/mol. The number of hydrogen-bond donors (Lipinski definition) is 0. The van der Waals surface area contributed by atoms with Crippen molar-refractivity contribution in [3.63, 3.8) is 0 Å². The molecular weight excluding hydrogens is 404 g/mol. The lowest BCUT2D eigenvalue weighted by molar-refractivity contribution is -0.131. The molecule has 156 valence electrons. The fourth-order valence-corrected chi connectivity index (χ4v) is 6.06. The maximum absolute atomic E-state index is 12.6. The summed E-state index contributed by atoms with van der Waals surface area (Å²) in [4.78, 5) is 25.1. The van der Waals surface area contributed by atoms with Crippen molar-refractivity contribution in [2.24, 2.45) is 0 Å². The van der Waals surface area contributed by atoms with E-state index in [4.69, 9.17) is 0 Å². The third-order valence-electron chi connectivity index (χ3n) is 4.98. The minimum atomic E-state index is -3.71. The Hall–Kier alpha value is -1.78. The Labute approximate surface area is 166 Å². The average Bonchev–Trinajstić information content (AvgIpc) is 3.00. The van der Waals surface area contributed by atoms with Gasteiger partial charge in [-0.1, -0.05) is 12.1 Å². The first-order valence-corrected chi connectivity index (χ1v) is 12.2.